The highest BCUT2D eigenvalue weighted by Gasteiger charge is 2.28. The third-order valence-electron chi connectivity index (χ3n) is 4.57. The summed E-state index contributed by atoms with van der Waals surface area (Å²) in [5, 5.41) is 8.77. The molecule has 1 unspecified atom stereocenters. The zero-order valence-corrected chi connectivity index (χ0v) is 14.3. The van der Waals surface area contributed by atoms with Gasteiger partial charge < -0.3 is 4.90 Å². The number of nitrogens with zero attached hydrogens (tertiary/aromatic N) is 2. The van der Waals surface area contributed by atoms with Crippen LogP contribution in [0.25, 0.3) is 10.9 Å². The Kier molecular flexibility index (Phi) is 3.94. The van der Waals surface area contributed by atoms with Crippen LogP contribution < -0.4 is 0 Å². The van der Waals surface area contributed by atoms with Gasteiger partial charge in [0.05, 0.1) is 5.52 Å². The number of likely N-dealkylation sites (tertiary alicyclic amines) is 1. The summed E-state index contributed by atoms with van der Waals surface area (Å²) in [7, 11) is 0. The van der Waals surface area contributed by atoms with E-state index in [2.05, 4.69) is 10.2 Å². The van der Waals surface area contributed by atoms with E-state index in [0.29, 0.717) is 16.6 Å². The second kappa shape index (κ2) is 6.11. The Morgan fingerprint density at radius 2 is 1.96 bits per heavy atom. The Labute approximate surface area is 149 Å². The molecule has 122 valence electrons. The Morgan fingerprint density at radius 1 is 1.17 bits per heavy atom. The second-order valence-corrected chi connectivity index (χ2v) is 6.87. The number of H-pyrrole nitrogens is 1. The van der Waals surface area contributed by atoms with Crippen LogP contribution in [-0.4, -0.2) is 34.1 Å². The fourth-order valence-corrected chi connectivity index (χ4v) is 3.57. The van der Waals surface area contributed by atoms with Crippen molar-refractivity contribution in [2.75, 3.05) is 13.1 Å². The van der Waals surface area contributed by atoms with Gasteiger partial charge in [0.15, 0.2) is 0 Å². The van der Waals surface area contributed by atoms with Gasteiger partial charge in [0, 0.05) is 35.0 Å². The van der Waals surface area contributed by atoms with E-state index in [1.54, 1.807) is 12.1 Å². The zero-order valence-electron chi connectivity index (χ0n) is 12.8. The summed E-state index contributed by atoms with van der Waals surface area (Å²) in [4.78, 5) is 14.7. The maximum atomic E-state index is 12.8. The fourth-order valence-electron chi connectivity index (χ4n) is 3.25. The molecule has 1 amide bonds. The number of halogens is 2. The number of aromatic nitrogens is 2. The van der Waals surface area contributed by atoms with Crippen molar-refractivity contribution in [2.24, 2.45) is 0 Å². The van der Waals surface area contributed by atoms with Crippen LogP contribution in [0.15, 0.2) is 42.5 Å². The number of hydrogen-bond donors (Lipinski definition) is 1. The molecule has 1 N–H and O–H groups in total. The highest BCUT2D eigenvalue weighted by atomic mass is 35.5. The molecule has 4 nitrogen and oxygen atoms in total. The Bertz CT molecular complexity index is 904. The molecule has 4 rings (SSSR count). The minimum Gasteiger partial charge on any atom is -0.338 e. The first-order valence-corrected chi connectivity index (χ1v) is 8.56. The number of nitrogens with one attached hydrogen (secondary N) is 1. The van der Waals surface area contributed by atoms with Crippen LogP contribution in [0.5, 0.6) is 0 Å². The smallest absolute Gasteiger partial charge is 0.253 e. The van der Waals surface area contributed by atoms with Crippen LogP contribution in [0, 0.1) is 0 Å². The molecule has 0 saturated carbocycles. The number of carbonyl (C=O) groups excluding carboxylic acids is 1. The maximum absolute atomic E-state index is 12.8. The SMILES string of the molecule is O=C(c1ccc2n[nH]c(Cl)c2c1)N1CCC(c2ccc(Cl)cc2)C1. The first-order valence-electron chi connectivity index (χ1n) is 7.80. The highest BCUT2D eigenvalue weighted by Crippen LogP contribution is 2.30. The van der Waals surface area contributed by atoms with Gasteiger partial charge in [-0.1, -0.05) is 35.3 Å². The summed E-state index contributed by atoms with van der Waals surface area (Å²) < 4.78 is 0. The van der Waals surface area contributed by atoms with Crippen LogP contribution in [0.4, 0.5) is 0 Å². The average molecular weight is 360 g/mol. The van der Waals surface area contributed by atoms with Crippen molar-refractivity contribution in [3.8, 4) is 0 Å². The van der Waals surface area contributed by atoms with Crippen molar-refractivity contribution in [1.29, 1.82) is 0 Å². The number of rotatable bonds is 2. The Hall–Kier alpha value is -2.04. The number of amides is 1. The fraction of sp³-hybridized carbons (Fsp3) is 0.222. The first-order chi connectivity index (χ1) is 11.6. The van der Waals surface area contributed by atoms with Crippen molar-refractivity contribution in [3.63, 3.8) is 0 Å². The molecular weight excluding hydrogens is 345 g/mol. The predicted octanol–water partition coefficient (Wildman–Crippen LogP) is 4.50. The normalized spacial score (nSPS) is 17.6. The van der Waals surface area contributed by atoms with Crippen LogP contribution >= 0.6 is 23.2 Å². The molecule has 24 heavy (non-hydrogen) atoms. The van der Waals surface area contributed by atoms with Gasteiger partial charge in [-0.15, -0.1) is 0 Å². The van der Waals surface area contributed by atoms with Crippen LogP contribution in [0.2, 0.25) is 10.2 Å². The standard InChI is InChI=1S/C18H15Cl2N3O/c19-14-4-1-11(2-5-14)13-7-8-23(10-13)18(24)12-3-6-16-15(9-12)17(20)22-21-16/h1-6,9,13H,7-8,10H2,(H,21,22). The number of fused-ring (bicyclic) bond motifs is 1. The number of carbonyl (C=O) groups is 1. The van der Waals surface area contributed by atoms with Crippen molar-refractivity contribution < 1.29 is 4.79 Å². The zero-order chi connectivity index (χ0) is 16.7. The number of benzene rings is 2. The van der Waals surface area contributed by atoms with Gasteiger partial charge in [-0.05, 0) is 42.3 Å². The lowest BCUT2D eigenvalue weighted by Gasteiger charge is -2.17. The highest BCUT2D eigenvalue weighted by molar-refractivity contribution is 6.34. The maximum Gasteiger partial charge on any atom is 0.253 e. The van der Waals surface area contributed by atoms with Gasteiger partial charge in [0.25, 0.3) is 5.91 Å². The van der Waals surface area contributed by atoms with E-state index in [9.17, 15) is 4.79 Å². The lowest BCUT2D eigenvalue weighted by molar-refractivity contribution is 0.0791. The van der Waals surface area contributed by atoms with E-state index >= 15 is 0 Å². The van der Waals surface area contributed by atoms with E-state index < -0.39 is 0 Å². The summed E-state index contributed by atoms with van der Waals surface area (Å²) in [5.41, 5.74) is 2.63. The summed E-state index contributed by atoms with van der Waals surface area (Å²) in [5.74, 6) is 0.387. The van der Waals surface area contributed by atoms with E-state index in [0.717, 1.165) is 35.4 Å². The van der Waals surface area contributed by atoms with Crippen LogP contribution in [0.1, 0.15) is 28.3 Å². The Balaban J connectivity index is 1.54. The topological polar surface area (TPSA) is 49.0 Å². The van der Waals surface area contributed by atoms with Crippen molar-refractivity contribution in [3.05, 3.63) is 63.8 Å². The average Bonchev–Trinajstić information content (AvgIpc) is 3.22. The largest absolute Gasteiger partial charge is 0.338 e. The van der Waals surface area contributed by atoms with E-state index in [1.807, 2.05) is 35.2 Å². The molecule has 1 aliphatic heterocycles. The molecule has 6 heteroatoms. The van der Waals surface area contributed by atoms with Crippen LogP contribution in [-0.2, 0) is 0 Å². The van der Waals surface area contributed by atoms with Gasteiger partial charge >= 0.3 is 0 Å². The molecule has 1 aromatic heterocycles. The summed E-state index contributed by atoms with van der Waals surface area (Å²) in [6.07, 6.45) is 0.960. The third kappa shape index (κ3) is 2.76. The lowest BCUT2D eigenvalue weighted by atomic mass is 9.99. The van der Waals surface area contributed by atoms with Gasteiger partial charge in [0.2, 0.25) is 0 Å². The van der Waals surface area contributed by atoms with Crippen molar-refractivity contribution in [2.45, 2.75) is 12.3 Å². The molecule has 1 atom stereocenters. The predicted molar refractivity (Wildman–Crippen MR) is 95.8 cm³/mol. The molecule has 1 aliphatic rings. The molecule has 0 radical (unpaired) electrons. The minimum absolute atomic E-state index is 0.0330. The lowest BCUT2D eigenvalue weighted by Crippen LogP contribution is -2.28. The summed E-state index contributed by atoms with van der Waals surface area (Å²) >= 11 is 12.0. The van der Waals surface area contributed by atoms with Gasteiger partial charge in [-0.25, -0.2) is 0 Å². The van der Waals surface area contributed by atoms with Gasteiger partial charge in [0.1, 0.15) is 5.15 Å². The molecule has 3 aromatic rings. The van der Waals surface area contributed by atoms with Gasteiger partial charge in [-0.3, -0.25) is 9.89 Å². The molecule has 0 spiro atoms. The molecule has 1 saturated heterocycles. The quantitative estimate of drug-likeness (QED) is 0.732. The van der Waals surface area contributed by atoms with E-state index in [4.69, 9.17) is 23.2 Å². The first kappa shape index (κ1) is 15.5. The van der Waals surface area contributed by atoms with Gasteiger partial charge in [-0.2, -0.15) is 5.10 Å². The second-order valence-electron chi connectivity index (χ2n) is 6.06. The number of hydrogen-bond acceptors (Lipinski definition) is 2. The van der Waals surface area contributed by atoms with E-state index in [-0.39, 0.29) is 5.91 Å². The minimum atomic E-state index is 0.0330. The third-order valence-corrected chi connectivity index (χ3v) is 5.11. The molecular formula is C18H15Cl2N3O. The molecule has 0 bridgehead atoms. The molecule has 2 aromatic carbocycles. The summed E-state index contributed by atoms with van der Waals surface area (Å²) in [6, 6.07) is 13.3. The number of aromatic amines is 1. The van der Waals surface area contributed by atoms with Crippen LogP contribution in [0.3, 0.4) is 0 Å². The molecule has 1 fully saturated rings. The van der Waals surface area contributed by atoms with E-state index in [1.165, 1.54) is 5.56 Å². The monoisotopic (exact) mass is 359 g/mol. The molecule has 2 heterocycles. The summed E-state index contributed by atoms with van der Waals surface area (Å²) in [6.45, 7) is 1.47. The van der Waals surface area contributed by atoms with Crippen molar-refractivity contribution in [1.82, 2.24) is 15.1 Å². The van der Waals surface area contributed by atoms with Crippen molar-refractivity contribution >= 4 is 40.0 Å². The molecule has 0 aliphatic carbocycles. The Morgan fingerprint density at radius 3 is 2.75 bits per heavy atom.